The number of nitrogens with zero attached hydrogens (tertiary/aromatic N) is 3. The van der Waals surface area contributed by atoms with E-state index in [0.29, 0.717) is 17.8 Å². The van der Waals surface area contributed by atoms with Crippen LogP contribution in [0.4, 0.5) is 5.82 Å². The average molecular weight is 314 g/mol. The van der Waals surface area contributed by atoms with E-state index in [1.54, 1.807) is 18.5 Å². The van der Waals surface area contributed by atoms with Crippen molar-refractivity contribution in [3.63, 3.8) is 0 Å². The summed E-state index contributed by atoms with van der Waals surface area (Å²) in [6.07, 6.45) is 2.09. The molecule has 0 fully saturated rings. The summed E-state index contributed by atoms with van der Waals surface area (Å²) in [5.41, 5.74) is 3.40. The van der Waals surface area contributed by atoms with Gasteiger partial charge in [-0.2, -0.15) is 5.26 Å². The molecule has 1 atom stereocenters. The largest absolute Gasteiger partial charge is 0.310 e. The van der Waals surface area contributed by atoms with Crippen LogP contribution in [0.15, 0.2) is 60.9 Å². The van der Waals surface area contributed by atoms with Crippen molar-refractivity contribution in [3.05, 3.63) is 77.7 Å². The monoisotopic (exact) mass is 314 g/mol. The summed E-state index contributed by atoms with van der Waals surface area (Å²) >= 11 is 0. The van der Waals surface area contributed by atoms with E-state index < -0.39 is 0 Å². The molecule has 2 aromatic carbocycles. The van der Waals surface area contributed by atoms with E-state index in [-0.39, 0.29) is 11.8 Å². The highest BCUT2D eigenvalue weighted by atomic mass is 16.1. The minimum atomic E-state index is -0.105. The third kappa shape index (κ3) is 2.34. The normalized spacial score (nSPS) is 16.1. The first-order valence-electron chi connectivity index (χ1n) is 7.69. The highest BCUT2D eigenvalue weighted by Gasteiger charge is 2.30. The highest BCUT2D eigenvalue weighted by Crippen LogP contribution is 2.37. The fraction of sp³-hybridized carbons (Fsp3) is 0.105. The number of imidazole rings is 1. The maximum atomic E-state index is 12.2. The molecule has 0 aliphatic carbocycles. The Hall–Kier alpha value is -3.39. The number of rotatable bonds is 2. The minimum absolute atomic E-state index is 0.0328. The predicted molar refractivity (Wildman–Crippen MR) is 89.8 cm³/mol. The summed E-state index contributed by atoms with van der Waals surface area (Å²) in [5.74, 6) is 0.577. The molecule has 0 bridgehead atoms. The Morgan fingerprint density at radius 3 is 2.58 bits per heavy atom. The minimum Gasteiger partial charge on any atom is -0.310 e. The van der Waals surface area contributed by atoms with Crippen LogP contribution in [0, 0.1) is 11.3 Å². The molecule has 1 N–H and O–H groups in total. The van der Waals surface area contributed by atoms with Crippen molar-refractivity contribution in [2.75, 3.05) is 5.32 Å². The van der Waals surface area contributed by atoms with Gasteiger partial charge in [-0.1, -0.05) is 30.3 Å². The maximum Gasteiger partial charge on any atom is 0.226 e. The Morgan fingerprint density at radius 2 is 1.88 bits per heavy atom. The summed E-state index contributed by atoms with van der Waals surface area (Å²) in [4.78, 5) is 16.8. The first-order valence-corrected chi connectivity index (χ1v) is 7.69. The van der Waals surface area contributed by atoms with Crippen molar-refractivity contribution < 1.29 is 4.79 Å². The summed E-state index contributed by atoms with van der Waals surface area (Å²) < 4.78 is 1.89. The standard InChI is InChI=1S/C19H14N4O/c20-11-13-6-8-14(9-7-13)16-10-17(24)22-19-18(16)21-12-23(19)15-4-2-1-3-5-15/h1-9,12,16H,10H2,(H,22,24)/t16-/m1/s1. The molecule has 24 heavy (non-hydrogen) atoms. The lowest BCUT2D eigenvalue weighted by molar-refractivity contribution is -0.116. The number of nitrogens with one attached hydrogen (secondary N) is 1. The van der Waals surface area contributed by atoms with E-state index in [1.165, 1.54) is 0 Å². The molecule has 0 saturated heterocycles. The third-order valence-corrected chi connectivity index (χ3v) is 4.25. The zero-order valence-electron chi connectivity index (χ0n) is 12.8. The van der Waals surface area contributed by atoms with Crippen molar-refractivity contribution in [3.8, 4) is 11.8 Å². The van der Waals surface area contributed by atoms with Gasteiger partial charge in [-0.25, -0.2) is 4.98 Å². The van der Waals surface area contributed by atoms with Crippen LogP contribution in [-0.4, -0.2) is 15.5 Å². The van der Waals surface area contributed by atoms with Crippen LogP contribution in [-0.2, 0) is 4.79 Å². The summed E-state index contributed by atoms with van der Waals surface area (Å²) in [6, 6.07) is 19.2. The van der Waals surface area contributed by atoms with Crippen LogP contribution in [0.5, 0.6) is 0 Å². The number of anilines is 1. The Bertz CT molecular complexity index is 936. The Kier molecular flexibility index (Phi) is 3.36. The molecule has 5 heteroatoms. The number of aromatic nitrogens is 2. The lowest BCUT2D eigenvalue weighted by Crippen LogP contribution is -2.24. The van der Waals surface area contributed by atoms with Gasteiger partial charge in [0.25, 0.3) is 0 Å². The average Bonchev–Trinajstić information content (AvgIpc) is 3.05. The number of carbonyl (C=O) groups is 1. The molecule has 1 aliphatic rings. The molecular formula is C19H14N4O. The Balaban J connectivity index is 1.79. The first-order chi connectivity index (χ1) is 11.8. The van der Waals surface area contributed by atoms with Crippen molar-refractivity contribution in [2.24, 2.45) is 0 Å². The van der Waals surface area contributed by atoms with Crippen molar-refractivity contribution in [2.45, 2.75) is 12.3 Å². The highest BCUT2D eigenvalue weighted by molar-refractivity contribution is 5.94. The second kappa shape index (κ2) is 5.67. The number of fused-ring (bicyclic) bond motifs is 1. The maximum absolute atomic E-state index is 12.2. The SMILES string of the molecule is N#Cc1ccc([C@H]2CC(=O)Nc3c2ncn3-c2ccccc2)cc1. The molecule has 1 aliphatic heterocycles. The fourth-order valence-electron chi connectivity index (χ4n) is 3.06. The molecule has 0 radical (unpaired) electrons. The molecule has 4 rings (SSSR count). The van der Waals surface area contributed by atoms with Crippen molar-refractivity contribution in [1.29, 1.82) is 5.26 Å². The predicted octanol–water partition coefficient (Wildman–Crippen LogP) is 3.22. The van der Waals surface area contributed by atoms with Gasteiger partial charge in [-0.15, -0.1) is 0 Å². The zero-order valence-corrected chi connectivity index (χ0v) is 12.8. The van der Waals surface area contributed by atoms with Crippen LogP contribution in [0.1, 0.15) is 29.2 Å². The van der Waals surface area contributed by atoms with E-state index in [1.807, 2.05) is 47.0 Å². The van der Waals surface area contributed by atoms with Crippen molar-refractivity contribution in [1.82, 2.24) is 9.55 Å². The van der Waals surface area contributed by atoms with Gasteiger partial charge in [-0.05, 0) is 29.8 Å². The summed E-state index contributed by atoms with van der Waals surface area (Å²) in [6.45, 7) is 0. The number of para-hydroxylation sites is 1. The molecular weight excluding hydrogens is 300 g/mol. The van der Waals surface area contributed by atoms with Gasteiger partial charge in [0, 0.05) is 18.0 Å². The van der Waals surface area contributed by atoms with Gasteiger partial charge in [0.05, 0.1) is 17.3 Å². The van der Waals surface area contributed by atoms with Crippen LogP contribution in [0.2, 0.25) is 0 Å². The molecule has 1 aromatic heterocycles. The van der Waals surface area contributed by atoms with Gasteiger partial charge in [0.15, 0.2) is 0 Å². The summed E-state index contributed by atoms with van der Waals surface area (Å²) in [7, 11) is 0. The molecule has 5 nitrogen and oxygen atoms in total. The number of benzene rings is 2. The van der Waals surface area contributed by atoms with Gasteiger partial charge >= 0.3 is 0 Å². The lowest BCUT2D eigenvalue weighted by Gasteiger charge is -2.23. The van der Waals surface area contributed by atoms with Crippen LogP contribution < -0.4 is 5.32 Å². The van der Waals surface area contributed by atoms with Crippen LogP contribution in [0.3, 0.4) is 0 Å². The second-order valence-electron chi connectivity index (χ2n) is 5.72. The number of nitriles is 1. The van der Waals surface area contributed by atoms with Gasteiger partial charge in [-0.3, -0.25) is 9.36 Å². The van der Waals surface area contributed by atoms with Gasteiger partial charge in [0.2, 0.25) is 5.91 Å². The zero-order chi connectivity index (χ0) is 16.5. The number of hydrogen-bond acceptors (Lipinski definition) is 3. The quantitative estimate of drug-likeness (QED) is 0.789. The Labute approximate surface area is 139 Å². The molecule has 0 spiro atoms. The molecule has 0 unspecified atom stereocenters. The third-order valence-electron chi connectivity index (χ3n) is 4.25. The second-order valence-corrected chi connectivity index (χ2v) is 5.72. The lowest BCUT2D eigenvalue weighted by atomic mass is 9.89. The Morgan fingerprint density at radius 1 is 1.12 bits per heavy atom. The van der Waals surface area contributed by atoms with E-state index in [2.05, 4.69) is 16.4 Å². The summed E-state index contributed by atoms with van der Waals surface area (Å²) in [5, 5.41) is 11.9. The van der Waals surface area contributed by atoms with E-state index in [9.17, 15) is 4.79 Å². The molecule has 0 saturated carbocycles. The van der Waals surface area contributed by atoms with E-state index in [0.717, 1.165) is 16.9 Å². The van der Waals surface area contributed by atoms with E-state index >= 15 is 0 Å². The molecule has 116 valence electrons. The van der Waals surface area contributed by atoms with Crippen molar-refractivity contribution >= 4 is 11.7 Å². The van der Waals surface area contributed by atoms with E-state index in [4.69, 9.17) is 5.26 Å². The topological polar surface area (TPSA) is 70.7 Å². The number of carbonyl (C=O) groups excluding carboxylic acids is 1. The smallest absolute Gasteiger partial charge is 0.226 e. The number of amides is 1. The molecule has 2 heterocycles. The number of hydrogen-bond donors (Lipinski definition) is 1. The molecule has 3 aromatic rings. The fourth-order valence-corrected chi connectivity index (χ4v) is 3.06. The van der Waals surface area contributed by atoms with Gasteiger partial charge < -0.3 is 5.32 Å². The molecule has 1 amide bonds. The van der Waals surface area contributed by atoms with Crippen LogP contribution in [0.25, 0.3) is 5.69 Å². The van der Waals surface area contributed by atoms with Crippen LogP contribution >= 0.6 is 0 Å². The first kappa shape index (κ1) is 14.2. The van der Waals surface area contributed by atoms with Gasteiger partial charge in [0.1, 0.15) is 12.1 Å².